The number of amides is 1. The van der Waals surface area contributed by atoms with Crippen LogP contribution in [0.2, 0.25) is 0 Å². The smallest absolute Gasteiger partial charge is 0.251 e. The maximum atomic E-state index is 12.1. The van der Waals surface area contributed by atoms with Gasteiger partial charge in [0.05, 0.1) is 7.11 Å². The summed E-state index contributed by atoms with van der Waals surface area (Å²) in [4.78, 5) is 12.1. The van der Waals surface area contributed by atoms with E-state index in [0.717, 1.165) is 12.8 Å². The lowest BCUT2D eigenvalue weighted by atomic mass is 9.86. The molecule has 1 saturated carbocycles. The van der Waals surface area contributed by atoms with E-state index in [0.29, 0.717) is 24.4 Å². The van der Waals surface area contributed by atoms with E-state index in [1.165, 1.54) is 26.0 Å². The molecule has 0 heterocycles. The first-order chi connectivity index (χ1) is 9.60. The summed E-state index contributed by atoms with van der Waals surface area (Å²) < 4.78 is 4.96. The van der Waals surface area contributed by atoms with Gasteiger partial charge in [-0.25, -0.2) is 0 Å². The Morgan fingerprint density at radius 3 is 2.70 bits per heavy atom. The van der Waals surface area contributed by atoms with Crippen LogP contribution in [0.3, 0.4) is 0 Å². The Bertz CT molecular complexity index is 482. The van der Waals surface area contributed by atoms with E-state index in [-0.39, 0.29) is 17.1 Å². The molecule has 1 fully saturated rings. The lowest BCUT2D eigenvalue weighted by Gasteiger charge is -2.27. The van der Waals surface area contributed by atoms with Crippen LogP contribution in [-0.2, 0) is 0 Å². The molecule has 0 unspecified atom stereocenters. The molecule has 1 amide bonds. The van der Waals surface area contributed by atoms with Crippen molar-refractivity contribution in [1.29, 1.82) is 0 Å². The minimum atomic E-state index is -0.192. The molecular weight excluding hydrogens is 256 g/mol. The highest BCUT2D eigenvalue weighted by molar-refractivity contribution is 5.94. The van der Waals surface area contributed by atoms with Crippen molar-refractivity contribution in [2.45, 2.75) is 25.7 Å². The highest BCUT2D eigenvalue weighted by Gasteiger charge is 2.32. The number of hydrogen-bond donors (Lipinski definition) is 3. The van der Waals surface area contributed by atoms with E-state index >= 15 is 0 Å². The van der Waals surface area contributed by atoms with Crippen LogP contribution < -0.4 is 15.8 Å². The molecule has 0 atom stereocenters. The summed E-state index contributed by atoms with van der Waals surface area (Å²) in [6.45, 7) is 1.19. The Kier molecular flexibility index (Phi) is 4.49. The van der Waals surface area contributed by atoms with Gasteiger partial charge in [-0.1, -0.05) is 12.8 Å². The first-order valence-electron chi connectivity index (χ1n) is 6.95. The van der Waals surface area contributed by atoms with Crippen molar-refractivity contribution < 1.29 is 14.6 Å². The molecule has 5 nitrogen and oxygen atoms in total. The first-order valence-corrected chi connectivity index (χ1v) is 6.95. The summed E-state index contributed by atoms with van der Waals surface area (Å²) in [5.74, 6) is 0.132. The number of phenols is 1. The summed E-state index contributed by atoms with van der Waals surface area (Å²) in [5.41, 5.74) is 6.32. The molecule has 2 rings (SSSR count). The van der Waals surface area contributed by atoms with Gasteiger partial charge in [-0.3, -0.25) is 4.79 Å². The number of rotatable bonds is 5. The highest BCUT2D eigenvalue weighted by Crippen LogP contribution is 2.36. The zero-order chi connectivity index (χ0) is 14.6. The Labute approximate surface area is 119 Å². The molecule has 1 aromatic rings. The number of ether oxygens (including phenoxy) is 1. The fourth-order valence-electron chi connectivity index (χ4n) is 2.78. The lowest BCUT2D eigenvalue weighted by molar-refractivity contribution is 0.0931. The molecule has 0 aliphatic heterocycles. The average molecular weight is 278 g/mol. The molecular formula is C15H22N2O3. The number of carbonyl (C=O) groups is 1. The van der Waals surface area contributed by atoms with Crippen molar-refractivity contribution in [1.82, 2.24) is 5.32 Å². The maximum Gasteiger partial charge on any atom is 0.251 e. The van der Waals surface area contributed by atoms with Gasteiger partial charge < -0.3 is 20.9 Å². The SMILES string of the molecule is COc1ccc(C(=O)NCC2(CN)CCCC2)cc1O. The third kappa shape index (κ3) is 3.04. The van der Waals surface area contributed by atoms with Crippen LogP contribution >= 0.6 is 0 Å². The van der Waals surface area contributed by atoms with Crippen LogP contribution in [0.4, 0.5) is 0 Å². The van der Waals surface area contributed by atoms with E-state index in [1.807, 2.05) is 0 Å². The van der Waals surface area contributed by atoms with E-state index < -0.39 is 0 Å². The van der Waals surface area contributed by atoms with Gasteiger partial charge in [0, 0.05) is 12.1 Å². The number of nitrogens with two attached hydrogens (primary N) is 1. The summed E-state index contributed by atoms with van der Waals surface area (Å²) in [6, 6.07) is 4.63. The van der Waals surface area contributed by atoms with E-state index in [2.05, 4.69) is 5.32 Å². The van der Waals surface area contributed by atoms with Crippen molar-refractivity contribution in [2.75, 3.05) is 20.2 Å². The fourth-order valence-corrected chi connectivity index (χ4v) is 2.78. The Balaban J connectivity index is 1.99. The predicted octanol–water partition coefficient (Wildman–Crippen LogP) is 1.65. The highest BCUT2D eigenvalue weighted by atomic mass is 16.5. The molecule has 1 aliphatic rings. The zero-order valence-corrected chi connectivity index (χ0v) is 11.8. The number of methoxy groups -OCH3 is 1. The second-order valence-corrected chi connectivity index (χ2v) is 5.48. The molecule has 1 aromatic carbocycles. The van der Waals surface area contributed by atoms with Crippen LogP contribution in [0, 0.1) is 5.41 Å². The number of hydrogen-bond acceptors (Lipinski definition) is 4. The van der Waals surface area contributed by atoms with Gasteiger partial charge in [0.1, 0.15) is 0 Å². The summed E-state index contributed by atoms with van der Waals surface area (Å²) in [5, 5.41) is 12.6. The third-order valence-corrected chi connectivity index (χ3v) is 4.16. The van der Waals surface area contributed by atoms with E-state index in [4.69, 9.17) is 10.5 Å². The van der Waals surface area contributed by atoms with Crippen LogP contribution in [0.1, 0.15) is 36.0 Å². The second kappa shape index (κ2) is 6.13. The molecule has 0 aromatic heterocycles. The first kappa shape index (κ1) is 14.7. The minimum absolute atomic E-state index is 0.0328. The van der Waals surface area contributed by atoms with Crippen LogP contribution in [0.25, 0.3) is 0 Å². The van der Waals surface area contributed by atoms with E-state index in [9.17, 15) is 9.90 Å². The zero-order valence-electron chi connectivity index (χ0n) is 11.8. The quantitative estimate of drug-likeness (QED) is 0.764. The van der Waals surface area contributed by atoms with Crippen molar-refractivity contribution in [3.63, 3.8) is 0 Å². The molecule has 0 spiro atoms. The van der Waals surface area contributed by atoms with Crippen molar-refractivity contribution in [3.05, 3.63) is 23.8 Å². The number of benzene rings is 1. The molecule has 5 heteroatoms. The number of phenolic OH excluding ortho intramolecular Hbond substituents is 1. The molecule has 4 N–H and O–H groups in total. The largest absolute Gasteiger partial charge is 0.504 e. The van der Waals surface area contributed by atoms with Gasteiger partial charge in [0.15, 0.2) is 11.5 Å². The minimum Gasteiger partial charge on any atom is -0.504 e. The lowest BCUT2D eigenvalue weighted by Crippen LogP contribution is -2.40. The fraction of sp³-hybridized carbons (Fsp3) is 0.533. The van der Waals surface area contributed by atoms with Crippen LogP contribution in [-0.4, -0.2) is 31.2 Å². The normalized spacial score (nSPS) is 16.9. The number of aromatic hydroxyl groups is 1. The van der Waals surface area contributed by atoms with Crippen LogP contribution in [0.15, 0.2) is 18.2 Å². The van der Waals surface area contributed by atoms with Gasteiger partial charge >= 0.3 is 0 Å². The van der Waals surface area contributed by atoms with Crippen LogP contribution in [0.5, 0.6) is 11.5 Å². The molecule has 0 bridgehead atoms. The summed E-state index contributed by atoms with van der Waals surface area (Å²) >= 11 is 0. The Morgan fingerprint density at radius 2 is 2.15 bits per heavy atom. The standard InChI is InChI=1S/C15H22N2O3/c1-20-13-5-4-11(8-12(13)18)14(19)17-10-15(9-16)6-2-3-7-15/h4-5,8,18H,2-3,6-7,9-10,16H2,1H3,(H,17,19). The van der Waals surface area contributed by atoms with Crippen molar-refractivity contribution in [2.24, 2.45) is 11.1 Å². The number of nitrogens with one attached hydrogen (secondary N) is 1. The Morgan fingerprint density at radius 1 is 1.45 bits per heavy atom. The van der Waals surface area contributed by atoms with Gasteiger partial charge in [-0.2, -0.15) is 0 Å². The molecule has 0 radical (unpaired) electrons. The van der Waals surface area contributed by atoms with Crippen molar-refractivity contribution >= 4 is 5.91 Å². The molecule has 0 saturated heterocycles. The summed E-state index contributed by atoms with van der Waals surface area (Å²) in [6.07, 6.45) is 4.49. The second-order valence-electron chi connectivity index (χ2n) is 5.48. The third-order valence-electron chi connectivity index (χ3n) is 4.16. The van der Waals surface area contributed by atoms with Gasteiger partial charge in [0.25, 0.3) is 5.91 Å². The molecule has 20 heavy (non-hydrogen) atoms. The molecule has 110 valence electrons. The number of carbonyl (C=O) groups excluding carboxylic acids is 1. The average Bonchev–Trinajstić information content (AvgIpc) is 2.94. The summed E-state index contributed by atoms with van der Waals surface area (Å²) in [7, 11) is 1.47. The van der Waals surface area contributed by atoms with Gasteiger partial charge in [-0.15, -0.1) is 0 Å². The molecule has 1 aliphatic carbocycles. The van der Waals surface area contributed by atoms with Crippen molar-refractivity contribution in [3.8, 4) is 11.5 Å². The van der Waals surface area contributed by atoms with Gasteiger partial charge in [0.2, 0.25) is 0 Å². The topological polar surface area (TPSA) is 84.6 Å². The van der Waals surface area contributed by atoms with E-state index in [1.54, 1.807) is 12.1 Å². The monoisotopic (exact) mass is 278 g/mol. The van der Waals surface area contributed by atoms with Gasteiger partial charge in [-0.05, 0) is 43.0 Å². The Hall–Kier alpha value is -1.75. The predicted molar refractivity (Wildman–Crippen MR) is 76.9 cm³/mol. The maximum absolute atomic E-state index is 12.1.